The van der Waals surface area contributed by atoms with Crippen molar-refractivity contribution in [1.29, 1.82) is 0 Å². The van der Waals surface area contributed by atoms with Crippen LogP contribution in [0.4, 0.5) is 17.5 Å². The van der Waals surface area contributed by atoms with Crippen LogP contribution in [0.15, 0.2) is 24.3 Å². The summed E-state index contributed by atoms with van der Waals surface area (Å²) in [6, 6.07) is 8.11. The number of aryl methyl sites for hydroxylation is 1. The number of ether oxygens (including phenoxy) is 1. The Bertz CT molecular complexity index is 627. The molecule has 20 heavy (non-hydrogen) atoms. The molecular weight excluding hydrogens is 252 g/mol. The Balaban J connectivity index is 1.93. The Hall–Kier alpha value is -2.30. The summed E-state index contributed by atoms with van der Waals surface area (Å²) < 4.78 is 5.11. The van der Waals surface area contributed by atoms with Gasteiger partial charge in [-0.2, -0.15) is 9.97 Å². The van der Waals surface area contributed by atoms with Gasteiger partial charge in [-0.15, -0.1) is 0 Å². The minimum absolute atomic E-state index is 0.205. The van der Waals surface area contributed by atoms with Crippen molar-refractivity contribution in [2.24, 2.45) is 0 Å². The molecule has 5 nitrogen and oxygen atoms in total. The lowest BCUT2D eigenvalue weighted by molar-refractivity contribution is 0.398. The number of hydrogen-bond acceptors (Lipinski definition) is 5. The van der Waals surface area contributed by atoms with Gasteiger partial charge in [0.25, 0.3) is 0 Å². The van der Waals surface area contributed by atoms with Gasteiger partial charge in [0.15, 0.2) is 0 Å². The molecule has 3 N–H and O–H groups in total. The van der Waals surface area contributed by atoms with Gasteiger partial charge in [0.1, 0.15) is 5.82 Å². The summed E-state index contributed by atoms with van der Waals surface area (Å²) in [7, 11) is 1.57. The van der Waals surface area contributed by atoms with E-state index in [-0.39, 0.29) is 5.95 Å². The number of nitrogens with zero attached hydrogens (tertiary/aromatic N) is 2. The monoisotopic (exact) mass is 270 g/mol. The summed E-state index contributed by atoms with van der Waals surface area (Å²) >= 11 is 0. The fourth-order valence-electron chi connectivity index (χ4n) is 2.65. The molecule has 0 atom stereocenters. The first kappa shape index (κ1) is 12.7. The molecule has 0 saturated carbocycles. The van der Waals surface area contributed by atoms with Crippen molar-refractivity contribution in [3.63, 3.8) is 0 Å². The number of benzene rings is 1. The maximum absolute atomic E-state index is 5.68. The van der Waals surface area contributed by atoms with Crippen LogP contribution in [-0.4, -0.2) is 17.1 Å². The van der Waals surface area contributed by atoms with E-state index in [1.807, 2.05) is 0 Å². The fraction of sp³-hybridized carbons (Fsp3) is 0.333. The van der Waals surface area contributed by atoms with Gasteiger partial charge >= 0.3 is 0 Å². The topological polar surface area (TPSA) is 73.1 Å². The molecule has 1 aromatic carbocycles. The first-order chi connectivity index (χ1) is 9.76. The number of fused-ring (bicyclic) bond motifs is 1. The van der Waals surface area contributed by atoms with E-state index in [1.165, 1.54) is 24.0 Å². The molecule has 0 fully saturated rings. The van der Waals surface area contributed by atoms with Gasteiger partial charge in [0.2, 0.25) is 11.8 Å². The van der Waals surface area contributed by atoms with E-state index in [0.717, 1.165) is 18.5 Å². The Kier molecular flexibility index (Phi) is 3.41. The molecule has 0 saturated heterocycles. The van der Waals surface area contributed by atoms with E-state index in [0.29, 0.717) is 11.7 Å². The largest absolute Gasteiger partial charge is 0.481 e. The zero-order chi connectivity index (χ0) is 13.9. The van der Waals surface area contributed by atoms with Crippen LogP contribution in [0.2, 0.25) is 0 Å². The summed E-state index contributed by atoms with van der Waals surface area (Å²) in [4.78, 5) is 8.19. The predicted octanol–water partition coefficient (Wildman–Crippen LogP) is 2.69. The number of nitrogens with two attached hydrogens (primary N) is 1. The highest BCUT2D eigenvalue weighted by molar-refractivity contribution is 5.64. The number of hydrogen-bond donors (Lipinski definition) is 2. The Morgan fingerprint density at radius 1 is 1.20 bits per heavy atom. The first-order valence-corrected chi connectivity index (χ1v) is 6.82. The molecular formula is C15H18N4O. The maximum atomic E-state index is 5.68. The molecule has 0 bridgehead atoms. The van der Waals surface area contributed by atoms with Crippen molar-refractivity contribution in [1.82, 2.24) is 9.97 Å². The van der Waals surface area contributed by atoms with Crippen molar-refractivity contribution in [2.45, 2.75) is 25.7 Å². The lowest BCUT2D eigenvalue weighted by Gasteiger charge is -2.20. The highest BCUT2D eigenvalue weighted by atomic mass is 16.5. The molecule has 5 heteroatoms. The van der Waals surface area contributed by atoms with Crippen LogP contribution in [-0.2, 0) is 12.8 Å². The zero-order valence-electron chi connectivity index (χ0n) is 11.5. The third-order valence-corrected chi connectivity index (χ3v) is 3.59. The molecule has 0 amide bonds. The third kappa shape index (κ3) is 2.52. The van der Waals surface area contributed by atoms with Gasteiger partial charge in [-0.1, -0.05) is 12.1 Å². The zero-order valence-corrected chi connectivity index (χ0v) is 11.5. The lowest BCUT2D eigenvalue weighted by Crippen LogP contribution is -2.07. The van der Waals surface area contributed by atoms with E-state index < -0.39 is 0 Å². The van der Waals surface area contributed by atoms with Crippen LogP contribution in [0.25, 0.3) is 0 Å². The van der Waals surface area contributed by atoms with Crippen molar-refractivity contribution < 1.29 is 4.74 Å². The van der Waals surface area contributed by atoms with Crippen LogP contribution < -0.4 is 15.8 Å². The van der Waals surface area contributed by atoms with E-state index in [2.05, 4.69) is 33.5 Å². The minimum Gasteiger partial charge on any atom is -0.481 e. The molecule has 1 aliphatic rings. The van der Waals surface area contributed by atoms with Crippen LogP contribution in [0.5, 0.6) is 5.88 Å². The van der Waals surface area contributed by atoms with E-state index >= 15 is 0 Å². The lowest BCUT2D eigenvalue weighted by atomic mass is 9.90. The van der Waals surface area contributed by atoms with Gasteiger partial charge in [-0.05, 0) is 42.9 Å². The summed E-state index contributed by atoms with van der Waals surface area (Å²) in [5, 5.41) is 3.34. The molecule has 1 aliphatic carbocycles. The molecule has 0 radical (unpaired) electrons. The van der Waals surface area contributed by atoms with Crippen molar-refractivity contribution >= 4 is 17.5 Å². The van der Waals surface area contributed by atoms with Crippen LogP contribution in [0.1, 0.15) is 24.0 Å². The first-order valence-electron chi connectivity index (χ1n) is 6.82. The smallest absolute Gasteiger partial charge is 0.225 e. The highest BCUT2D eigenvalue weighted by Crippen LogP contribution is 2.30. The minimum atomic E-state index is 0.205. The van der Waals surface area contributed by atoms with Crippen molar-refractivity contribution in [3.05, 3.63) is 35.4 Å². The Morgan fingerprint density at radius 2 is 2.05 bits per heavy atom. The van der Waals surface area contributed by atoms with Crippen LogP contribution in [0.3, 0.4) is 0 Å². The molecule has 1 aromatic heterocycles. The average Bonchev–Trinajstić information content (AvgIpc) is 2.47. The fourth-order valence-corrected chi connectivity index (χ4v) is 2.65. The summed E-state index contributed by atoms with van der Waals surface area (Å²) in [6.45, 7) is 0. The number of methoxy groups -OCH3 is 1. The van der Waals surface area contributed by atoms with Crippen molar-refractivity contribution in [2.75, 3.05) is 18.2 Å². The van der Waals surface area contributed by atoms with Crippen LogP contribution in [0, 0.1) is 0 Å². The average molecular weight is 270 g/mol. The molecule has 104 valence electrons. The molecule has 0 aliphatic heterocycles. The second-order valence-electron chi connectivity index (χ2n) is 4.93. The normalized spacial score (nSPS) is 13.7. The molecule has 3 rings (SSSR count). The van der Waals surface area contributed by atoms with Crippen LogP contribution >= 0.6 is 0 Å². The van der Waals surface area contributed by atoms with Gasteiger partial charge in [0, 0.05) is 11.8 Å². The second-order valence-corrected chi connectivity index (χ2v) is 4.93. The van der Waals surface area contributed by atoms with Gasteiger partial charge in [0.05, 0.1) is 7.11 Å². The third-order valence-electron chi connectivity index (χ3n) is 3.59. The number of aromatic nitrogens is 2. The summed E-state index contributed by atoms with van der Waals surface area (Å²) in [6.07, 6.45) is 4.77. The quantitative estimate of drug-likeness (QED) is 0.897. The van der Waals surface area contributed by atoms with E-state index in [1.54, 1.807) is 13.2 Å². The summed E-state index contributed by atoms with van der Waals surface area (Å²) in [5.41, 5.74) is 9.59. The molecule has 1 heterocycles. The van der Waals surface area contributed by atoms with E-state index in [4.69, 9.17) is 10.5 Å². The second kappa shape index (κ2) is 5.36. The Morgan fingerprint density at radius 3 is 2.90 bits per heavy atom. The Labute approximate surface area is 118 Å². The van der Waals surface area contributed by atoms with Gasteiger partial charge in [-0.3, -0.25) is 0 Å². The molecule has 2 aromatic rings. The standard InChI is InChI=1S/C15H18N4O/c1-20-14-9-13(18-15(16)19-14)17-12-8-4-6-10-5-2-3-7-11(10)12/h4,6,8-9H,2-3,5,7H2,1H3,(H3,16,17,18,19). The number of nitrogen functional groups attached to an aromatic ring is 1. The molecule has 0 unspecified atom stereocenters. The number of rotatable bonds is 3. The van der Waals surface area contributed by atoms with Gasteiger partial charge < -0.3 is 15.8 Å². The summed E-state index contributed by atoms with van der Waals surface area (Å²) in [5.74, 6) is 1.33. The van der Waals surface area contributed by atoms with E-state index in [9.17, 15) is 0 Å². The molecule has 0 spiro atoms. The van der Waals surface area contributed by atoms with Gasteiger partial charge in [-0.25, -0.2) is 0 Å². The highest BCUT2D eigenvalue weighted by Gasteiger charge is 2.13. The number of anilines is 3. The predicted molar refractivity (Wildman–Crippen MR) is 79.4 cm³/mol. The maximum Gasteiger partial charge on any atom is 0.225 e. The SMILES string of the molecule is COc1cc(Nc2cccc3c2CCCC3)nc(N)n1. The van der Waals surface area contributed by atoms with Crippen molar-refractivity contribution in [3.8, 4) is 5.88 Å². The number of nitrogens with one attached hydrogen (secondary N) is 1.